The number of carboxylic acid groups (broad SMARTS) is 1. The number of aromatic amines is 1. The average Bonchev–Trinajstić information content (AvgIpc) is 2.89. The number of H-pyrrole nitrogens is 1. The number of rotatable bonds is 5. The van der Waals surface area contributed by atoms with Crippen LogP contribution in [0.5, 0.6) is 0 Å². The second-order valence-corrected chi connectivity index (χ2v) is 4.56. The third-order valence-electron chi connectivity index (χ3n) is 3.34. The molecular formula is C13H17NO4. The van der Waals surface area contributed by atoms with Gasteiger partial charge < -0.3 is 14.8 Å². The van der Waals surface area contributed by atoms with Crippen molar-refractivity contribution in [3.05, 3.63) is 24.0 Å². The van der Waals surface area contributed by atoms with Crippen LogP contribution in [0.25, 0.3) is 0 Å². The van der Waals surface area contributed by atoms with Crippen LogP contribution in [-0.2, 0) is 14.3 Å². The third-order valence-corrected chi connectivity index (χ3v) is 3.34. The topological polar surface area (TPSA) is 79.4 Å². The van der Waals surface area contributed by atoms with E-state index < -0.39 is 11.9 Å². The number of ketones is 1. The summed E-state index contributed by atoms with van der Waals surface area (Å²) in [5.41, 5.74) is 0.689. The Morgan fingerprint density at radius 2 is 2.17 bits per heavy atom. The molecule has 1 aliphatic rings. The zero-order valence-corrected chi connectivity index (χ0v) is 10.1. The highest BCUT2D eigenvalue weighted by atomic mass is 16.5. The van der Waals surface area contributed by atoms with Gasteiger partial charge in [0.05, 0.1) is 12.3 Å². The Labute approximate surface area is 105 Å². The summed E-state index contributed by atoms with van der Waals surface area (Å²) in [6, 6.07) is 3.55. The first-order valence-electron chi connectivity index (χ1n) is 6.15. The summed E-state index contributed by atoms with van der Waals surface area (Å²) in [7, 11) is 0. The number of nitrogens with one attached hydrogen (secondary N) is 1. The zero-order chi connectivity index (χ0) is 13.0. The summed E-state index contributed by atoms with van der Waals surface area (Å²) < 4.78 is 5.23. The summed E-state index contributed by atoms with van der Waals surface area (Å²) >= 11 is 0. The molecule has 1 fully saturated rings. The van der Waals surface area contributed by atoms with Gasteiger partial charge >= 0.3 is 5.97 Å². The predicted octanol–water partition coefficient (Wildman–Crippen LogP) is 1.57. The van der Waals surface area contributed by atoms with Gasteiger partial charge in [0.25, 0.3) is 0 Å². The highest BCUT2D eigenvalue weighted by Crippen LogP contribution is 2.27. The van der Waals surface area contributed by atoms with Crippen molar-refractivity contribution < 1.29 is 19.4 Å². The highest BCUT2D eigenvalue weighted by Gasteiger charge is 2.31. The van der Waals surface area contributed by atoms with Crippen molar-refractivity contribution in [2.24, 2.45) is 5.92 Å². The van der Waals surface area contributed by atoms with E-state index in [2.05, 4.69) is 4.98 Å². The summed E-state index contributed by atoms with van der Waals surface area (Å²) in [6.07, 6.45) is 2.93. The van der Waals surface area contributed by atoms with E-state index in [4.69, 9.17) is 9.84 Å². The summed E-state index contributed by atoms with van der Waals surface area (Å²) in [4.78, 5) is 26.2. The quantitative estimate of drug-likeness (QED) is 0.832. The fourth-order valence-corrected chi connectivity index (χ4v) is 2.37. The lowest BCUT2D eigenvalue weighted by molar-refractivity contribution is -0.140. The van der Waals surface area contributed by atoms with Gasteiger partial charge in [-0.3, -0.25) is 9.59 Å². The monoisotopic (exact) mass is 251 g/mol. The predicted molar refractivity (Wildman–Crippen MR) is 64.3 cm³/mol. The van der Waals surface area contributed by atoms with E-state index in [9.17, 15) is 9.59 Å². The number of ether oxygens (including phenoxy) is 1. The number of hydrogen-bond donors (Lipinski definition) is 2. The second-order valence-electron chi connectivity index (χ2n) is 4.56. The van der Waals surface area contributed by atoms with Crippen molar-refractivity contribution in [1.29, 1.82) is 0 Å². The lowest BCUT2D eigenvalue weighted by atomic mass is 9.84. The molecule has 5 nitrogen and oxygen atoms in total. The number of Topliss-reactive ketones (excluding diaryl/α,β-unsaturated/α-hetero) is 1. The van der Waals surface area contributed by atoms with Crippen LogP contribution >= 0.6 is 0 Å². The molecule has 0 bridgehead atoms. The summed E-state index contributed by atoms with van der Waals surface area (Å²) in [5, 5.41) is 8.94. The lowest BCUT2D eigenvalue weighted by Gasteiger charge is -2.24. The van der Waals surface area contributed by atoms with E-state index in [0.29, 0.717) is 31.7 Å². The first kappa shape index (κ1) is 12.8. The van der Waals surface area contributed by atoms with Crippen molar-refractivity contribution in [2.75, 3.05) is 13.2 Å². The van der Waals surface area contributed by atoms with Crippen LogP contribution < -0.4 is 0 Å². The van der Waals surface area contributed by atoms with Gasteiger partial charge in [-0.15, -0.1) is 0 Å². The Morgan fingerprint density at radius 1 is 1.44 bits per heavy atom. The normalized spacial score (nSPS) is 18.4. The molecule has 1 aliphatic heterocycles. The fraction of sp³-hybridized carbons (Fsp3) is 0.538. The molecule has 0 aliphatic carbocycles. The molecule has 0 radical (unpaired) electrons. The minimum atomic E-state index is -0.949. The molecule has 1 unspecified atom stereocenters. The number of aromatic nitrogens is 1. The van der Waals surface area contributed by atoms with Gasteiger partial charge in [0.2, 0.25) is 0 Å². The van der Waals surface area contributed by atoms with Crippen LogP contribution in [0, 0.1) is 5.92 Å². The molecule has 18 heavy (non-hydrogen) atoms. The molecule has 1 saturated heterocycles. The Morgan fingerprint density at radius 3 is 2.72 bits per heavy atom. The molecule has 1 aromatic heterocycles. The van der Waals surface area contributed by atoms with Gasteiger partial charge in [-0.1, -0.05) is 0 Å². The van der Waals surface area contributed by atoms with Crippen LogP contribution in [-0.4, -0.2) is 35.1 Å². The molecule has 98 valence electrons. The standard InChI is InChI=1S/C13H17NO4/c15-12(16)8-10(11-2-1-5-14-11)13(17)9-3-6-18-7-4-9/h1-2,5,9-10,14H,3-4,6-8H2,(H,15,16). The van der Waals surface area contributed by atoms with Gasteiger partial charge in [-0.25, -0.2) is 0 Å². The van der Waals surface area contributed by atoms with E-state index in [0.717, 1.165) is 0 Å². The maximum atomic E-state index is 12.4. The van der Waals surface area contributed by atoms with E-state index in [-0.39, 0.29) is 18.1 Å². The number of hydrogen-bond acceptors (Lipinski definition) is 3. The Bertz CT molecular complexity index is 407. The number of carboxylic acids is 1. The summed E-state index contributed by atoms with van der Waals surface area (Å²) in [5.74, 6) is -1.58. The minimum absolute atomic E-state index is 0.0168. The van der Waals surface area contributed by atoms with Crippen LogP contribution in [0.15, 0.2) is 18.3 Å². The van der Waals surface area contributed by atoms with Gasteiger partial charge in [0.1, 0.15) is 5.78 Å². The molecule has 0 amide bonds. The molecular weight excluding hydrogens is 234 g/mol. The summed E-state index contributed by atoms with van der Waals surface area (Å²) in [6.45, 7) is 1.17. The van der Waals surface area contributed by atoms with Gasteiger partial charge in [-0.05, 0) is 25.0 Å². The molecule has 1 aromatic rings. The van der Waals surface area contributed by atoms with E-state index in [1.807, 2.05) is 0 Å². The molecule has 5 heteroatoms. The molecule has 0 aromatic carbocycles. The van der Waals surface area contributed by atoms with Crippen LogP contribution in [0.2, 0.25) is 0 Å². The first-order valence-corrected chi connectivity index (χ1v) is 6.15. The van der Waals surface area contributed by atoms with Gasteiger partial charge in [0.15, 0.2) is 0 Å². The van der Waals surface area contributed by atoms with Crippen LogP contribution in [0.3, 0.4) is 0 Å². The van der Waals surface area contributed by atoms with Crippen molar-refractivity contribution in [3.8, 4) is 0 Å². The Balaban J connectivity index is 2.12. The molecule has 1 atom stereocenters. The lowest BCUT2D eigenvalue weighted by Crippen LogP contribution is -2.29. The molecule has 2 rings (SSSR count). The molecule has 2 heterocycles. The molecule has 0 spiro atoms. The zero-order valence-electron chi connectivity index (χ0n) is 10.1. The second kappa shape index (κ2) is 5.82. The Kier molecular flexibility index (Phi) is 4.15. The SMILES string of the molecule is O=C(O)CC(C(=O)C1CCOCC1)c1ccc[nH]1. The average molecular weight is 251 g/mol. The number of carbonyl (C=O) groups excluding carboxylic acids is 1. The highest BCUT2D eigenvalue weighted by molar-refractivity contribution is 5.90. The maximum Gasteiger partial charge on any atom is 0.304 e. The smallest absolute Gasteiger partial charge is 0.304 e. The van der Waals surface area contributed by atoms with Crippen LogP contribution in [0.1, 0.15) is 30.9 Å². The Hall–Kier alpha value is -1.62. The van der Waals surface area contributed by atoms with Crippen LogP contribution in [0.4, 0.5) is 0 Å². The van der Waals surface area contributed by atoms with Crippen molar-refractivity contribution >= 4 is 11.8 Å². The van der Waals surface area contributed by atoms with Crippen molar-refractivity contribution in [3.63, 3.8) is 0 Å². The first-order chi connectivity index (χ1) is 8.68. The maximum absolute atomic E-state index is 12.4. The van der Waals surface area contributed by atoms with Gasteiger partial charge in [-0.2, -0.15) is 0 Å². The van der Waals surface area contributed by atoms with E-state index in [1.54, 1.807) is 18.3 Å². The third kappa shape index (κ3) is 2.98. The van der Waals surface area contributed by atoms with Gasteiger partial charge in [0, 0.05) is 31.0 Å². The number of carbonyl (C=O) groups is 2. The van der Waals surface area contributed by atoms with Crippen molar-refractivity contribution in [1.82, 2.24) is 4.98 Å². The van der Waals surface area contributed by atoms with Crippen molar-refractivity contribution in [2.45, 2.75) is 25.2 Å². The number of aliphatic carboxylic acids is 1. The molecule has 0 saturated carbocycles. The largest absolute Gasteiger partial charge is 0.481 e. The van der Waals surface area contributed by atoms with E-state index in [1.165, 1.54) is 0 Å². The minimum Gasteiger partial charge on any atom is -0.481 e. The van der Waals surface area contributed by atoms with E-state index >= 15 is 0 Å². The molecule has 2 N–H and O–H groups in total. The fourth-order valence-electron chi connectivity index (χ4n) is 2.37.